The number of fused-ring (bicyclic) bond motifs is 2. The van der Waals surface area contributed by atoms with E-state index < -0.39 is 16.9 Å². The van der Waals surface area contributed by atoms with E-state index in [-0.39, 0.29) is 23.8 Å². The van der Waals surface area contributed by atoms with Crippen LogP contribution in [-0.2, 0) is 6.54 Å². The molecule has 0 radical (unpaired) electrons. The molecule has 0 aromatic carbocycles. The highest BCUT2D eigenvalue weighted by molar-refractivity contribution is 5.96. The van der Waals surface area contributed by atoms with Gasteiger partial charge in [-0.1, -0.05) is 13.8 Å². The second kappa shape index (κ2) is 6.12. The molecule has 1 aliphatic carbocycles. The highest BCUT2D eigenvalue weighted by Crippen LogP contribution is 2.37. The molecule has 7 nitrogen and oxygen atoms in total. The van der Waals surface area contributed by atoms with Crippen molar-refractivity contribution < 1.29 is 15.0 Å². The Bertz CT molecular complexity index is 711. The van der Waals surface area contributed by atoms with E-state index in [0.29, 0.717) is 12.6 Å². The van der Waals surface area contributed by atoms with Crippen LogP contribution in [0.3, 0.4) is 0 Å². The van der Waals surface area contributed by atoms with E-state index in [2.05, 4.69) is 4.90 Å². The molecule has 1 saturated carbocycles. The summed E-state index contributed by atoms with van der Waals surface area (Å²) in [5, 5.41) is 19.7. The monoisotopic (exact) mass is 335 g/mol. The summed E-state index contributed by atoms with van der Waals surface area (Å²) < 4.78 is 1.52. The average Bonchev–Trinajstić information content (AvgIpc) is 3.39. The average molecular weight is 335 g/mol. The molecule has 2 aliphatic heterocycles. The zero-order valence-corrected chi connectivity index (χ0v) is 14.4. The van der Waals surface area contributed by atoms with Gasteiger partial charge in [-0.2, -0.15) is 0 Å². The summed E-state index contributed by atoms with van der Waals surface area (Å²) in [5.41, 5.74) is -0.898. The normalized spacial score (nSPS) is 26.3. The molecule has 1 aromatic rings. The zero-order chi connectivity index (χ0) is 17.6. The maximum absolute atomic E-state index is 12.8. The second-order valence-electron chi connectivity index (χ2n) is 6.49. The maximum atomic E-state index is 12.8. The van der Waals surface area contributed by atoms with E-state index in [1.165, 1.54) is 10.8 Å². The molecule has 1 amide bonds. The third-order valence-electron chi connectivity index (χ3n) is 5.03. The Morgan fingerprint density at radius 1 is 1.12 bits per heavy atom. The number of carbonyl (C=O) groups excluding carboxylic acids is 1. The standard InChI is InChI=1S/C15H19N3O4.C2H6/c1-8-4-5-17(9-2-3-9)11-7-16-6-10(19)13(20)14(21)12(16)15(22)18(8)11;1-2/h6,8-9,11,19,21H,2-5,7H2,1H3;1-2H3/t8-,11-;/m0./s1. The number of aromatic hydroxyl groups is 2. The lowest BCUT2D eigenvalue weighted by Crippen LogP contribution is -2.64. The Morgan fingerprint density at radius 3 is 2.42 bits per heavy atom. The van der Waals surface area contributed by atoms with Crippen LogP contribution in [0.1, 0.15) is 50.5 Å². The van der Waals surface area contributed by atoms with Crippen molar-refractivity contribution >= 4 is 5.91 Å². The molecular formula is C17H25N3O4. The predicted octanol–water partition coefficient (Wildman–Crippen LogP) is 1.32. The molecular weight excluding hydrogens is 310 g/mol. The van der Waals surface area contributed by atoms with Crippen molar-refractivity contribution in [1.29, 1.82) is 0 Å². The first-order chi connectivity index (χ1) is 11.5. The summed E-state index contributed by atoms with van der Waals surface area (Å²) in [5.74, 6) is -1.51. The van der Waals surface area contributed by atoms with Crippen molar-refractivity contribution in [3.8, 4) is 11.5 Å². The molecule has 2 fully saturated rings. The Kier molecular flexibility index (Phi) is 4.29. The first kappa shape index (κ1) is 16.8. The molecule has 0 spiro atoms. The Labute approximate surface area is 141 Å². The molecule has 0 bridgehead atoms. The molecule has 4 rings (SSSR count). The number of rotatable bonds is 1. The van der Waals surface area contributed by atoms with Gasteiger partial charge in [0.1, 0.15) is 6.17 Å². The lowest BCUT2D eigenvalue weighted by Gasteiger charge is -2.50. The zero-order valence-electron chi connectivity index (χ0n) is 14.4. The van der Waals surface area contributed by atoms with Crippen molar-refractivity contribution in [2.75, 3.05) is 6.54 Å². The highest BCUT2D eigenvalue weighted by atomic mass is 16.3. The third-order valence-corrected chi connectivity index (χ3v) is 5.03. The number of hydrogen-bond acceptors (Lipinski definition) is 5. The number of aromatic nitrogens is 1. The van der Waals surface area contributed by atoms with E-state index in [9.17, 15) is 19.8 Å². The van der Waals surface area contributed by atoms with Crippen LogP contribution in [0.5, 0.6) is 11.5 Å². The van der Waals surface area contributed by atoms with Gasteiger partial charge in [0.2, 0.25) is 0 Å². The molecule has 132 valence electrons. The van der Waals surface area contributed by atoms with Gasteiger partial charge in [0.25, 0.3) is 11.3 Å². The van der Waals surface area contributed by atoms with E-state index >= 15 is 0 Å². The predicted molar refractivity (Wildman–Crippen MR) is 89.1 cm³/mol. The fourth-order valence-corrected chi connectivity index (χ4v) is 3.74. The lowest BCUT2D eigenvalue weighted by atomic mass is 10.0. The minimum absolute atomic E-state index is 0.0106. The molecule has 1 saturated heterocycles. The van der Waals surface area contributed by atoms with Crippen molar-refractivity contribution in [3.05, 3.63) is 22.1 Å². The number of hydrogen-bond donors (Lipinski definition) is 2. The minimum Gasteiger partial charge on any atom is -0.503 e. The maximum Gasteiger partial charge on any atom is 0.276 e. The van der Waals surface area contributed by atoms with Gasteiger partial charge in [-0.05, 0) is 26.2 Å². The van der Waals surface area contributed by atoms with Gasteiger partial charge in [0, 0.05) is 18.6 Å². The summed E-state index contributed by atoms with van der Waals surface area (Å²) >= 11 is 0. The molecule has 7 heteroatoms. The van der Waals surface area contributed by atoms with E-state index in [4.69, 9.17) is 0 Å². The van der Waals surface area contributed by atoms with Gasteiger partial charge in [-0.25, -0.2) is 0 Å². The summed E-state index contributed by atoms with van der Waals surface area (Å²) in [6.45, 7) is 7.41. The van der Waals surface area contributed by atoms with Crippen LogP contribution in [0.4, 0.5) is 0 Å². The molecule has 2 N–H and O–H groups in total. The van der Waals surface area contributed by atoms with Crippen LogP contribution < -0.4 is 5.43 Å². The van der Waals surface area contributed by atoms with Crippen LogP contribution in [0.2, 0.25) is 0 Å². The molecule has 3 aliphatic rings. The van der Waals surface area contributed by atoms with Crippen LogP contribution >= 0.6 is 0 Å². The molecule has 2 atom stereocenters. The van der Waals surface area contributed by atoms with Crippen molar-refractivity contribution in [3.63, 3.8) is 0 Å². The molecule has 24 heavy (non-hydrogen) atoms. The first-order valence-electron chi connectivity index (χ1n) is 8.73. The van der Waals surface area contributed by atoms with Gasteiger partial charge in [-0.3, -0.25) is 14.5 Å². The number of nitrogens with zero attached hydrogens (tertiary/aromatic N) is 3. The van der Waals surface area contributed by atoms with Gasteiger partial charge in [-0.15, -0.1) is 0 Å². The highest BCUT2D eigenvalue weighted by Gasteiger charge is 2.47. The third kappa shape index (κ3) is 2.47. The van der Waals surface area contributed by atoms with Gasteiger partial charge in [0.15, 0.2) is 17.2 Å². The SMILES string of the molecule is CC.C[C@H]1CCN(C2CC2)[C@@H]2Cn3cc(O)c(=O)c(O)c3C(=O)N12. The van der Waals surface area contributed by atoms with Crippen LogP contribution in [-0.4, -0.2) is 55.3 Å². The van der Waals surface area contributed by atoms with E-state index in [0.717, 1.165) is 25.8 Å². The van der Waals surface area contributed by atoms with Crippen molar-refractivity contribution in [2.45, 2.75) is 64.8 Å². The summed E-state index contributed by atoms with van der Waals surface area (Å²) in [6.07, 6.45) is 4.39. The van der Waals surface area contributed by atoms with E-state index in [1.807, 2.05) is 20.8 Å². The number of amides is 1. The van der Waals surface area contributed by atoms with E-state index in [1.54, 1.807) is 4.90 Å². The minimum atomic E-state index is -0.887. The Hall–Kier alpha value is -2.02. The smallest absolute Gasteiger partial charge is 0.276 e. The molecule has 0 unspecified atom stereocenters. The lowest BCUT2D eigenvalue weighted by molar-refractivity contribution is -0.0363. The topological polar surface area (TPSA) is 86.0 Å². The van der Waals surface area contributed by atoms with Gasteiger partial charge in [0.05, 0.1) is 12.7 Å². The summed E-state index contributed by atoms with van der Waals surface area (Å²) in [6, 6.07) is 0.598. The fourth-order valence-electron chi connectivity index (χ4n) is 3.74. The van der Waals surface area contributed by atoms with Crippen molar-refractivity contribution in [1.82, 2.24) is 14.4 Å². The molecule has 3 heterocycles. The number of pyridine rings is 1. The summed E-state index contributed by atoms with van der Waals surface area (Å²) in [7, 11) is 0. The van der Waals surface area contributed by atoms with Crippen LogP contribution in [0.25, 0.3) is 0 Å². The first-order valence-corrected chi connectivity index (χ1v) is 8.73. The van der Waals surface area contributed by atoms with Gasteiger partial charge < -0.3 is 19.7 Å². The summed E-state index contributed by atoms with van der Waals surface area (Å²) in [4.78, 5) is 28.7. The number of carbonyl (C=O) groups is 1. The molecule has 1 aromatic heterocycles. The quantitative estimate of drug-likeness (QED) is 0.808. The largest absolute Gasteiger partial charge is 0.503 e. The van der Waals surface area contributed by atoms with Crippen LogP contribution in [0, 0.1) is 0 Å². The van der Waals surface area contributed by atoms with Crippen LogP contribution in [0.15, 0.2) is 11.0 Å². The Morgan fingerprint density at radius 2 is 1.79 bits per heavy atom. The second-order valence-corrected chi connectivity index (χ2v) is 6.49. The van der Waals surface area contributed by atoms with Gasteiger partial charge >= 0.3 is 0 Å². The Balaban J connectivity index is 0.000000815. The fraction of sp³-hybridized carbons (Fsp3) is 0.647. The van der Waals surface area contributed by atoms with Crippen molar-refractivity contribution in [2.24, 2.45) is 0 Å².